The molecule has 0 aliphatic heterocycles. The summed E-state index contributed by atoms with van der Waals surface area (Å²) in [6, 6.07) is 1.82. The predicted molar refractivity (Wildman–Crippen MR) is 61.2 cm³/mol. The Bertz CT molecular complexity index is 372. The van der Waals surface area contributed by atoms with E-state index in [-0.39, 0.29) is 6.42 Å². The molecule has 0 amide bonds. The number of hydrogen-bond acceptors (Lipinski definition) is 4. The molecule has 0 bridgehead atoms. The van der Waals surface area contributed by atoms with Crippen molar-refractivity contribution in [3.8, 4) is 6.07 Å². The van der Waals surface area contributed by atoms with Gasteiger partial charge in [0.15, 0.2) is 0 Å². The molecule has 0 fully saturated rings. The van der Waals surface area contributed by atoms with Crippen LogP contribution in [-0.4, -0.2) is 29.0 Å². The van der Waals surface area contributed by atoms with Gasteiger partial charge in [-0.25, -0.2) is 0 Å². The van der Waals surface area contributed by atoms with Gasteiger partial charge in [0.05, 0.1) is 28.6 Å². The molecule has 0 spiro atoms. The number of aliphatic hydroxyl groups excluding tert-OH is 1. The first-order valence-electron chi connectivity index (χ1n) is 4.06. The van der Waals surface area contributed by atoms with Crippen LogP contribution in [-0.2, 0) is 4.74 Å². The van der Waals surface area contributed by atoms with Gasteiger partial charge in [0.25, 0.3) is 0 Å². The minimum atomic E-state index is -1.59. The van der Waals surface area contributed by atoms with Gasteiger partial charge in [-0.15, -0.1) is 0 Å². The SMILES string of the molecule is COC1=C(Br)[C@H](O)[C@@](O)(CC#N)C=C1Br. The number of ether oxygens (including phenoxy) is 1. The van der Waals surface area contributed by atoms with Gasteiger partial charge in [-0.3, -0.25) is 0 Å². The third kappa shape index (κ3) is 2.26. The molecule has 0 heterocycles. The Hall–Kier alpha value is -0.350. The topological polar surface area (TPSA) is 73.5 Å². The number of aliphatic hydroxyl groups is 2. The van der Waals surface area contributed by atoms with Crippen molar-refractivity contribution in [2.24, 2.45) is 0 Å². The van der Waals surface area contributed by atoms with Gasteiger partial charge in [0.2, 0.25) is 0 Å². The van der Waals surface area contributed by atoms with E-state index in [9.17, 15) is 10.2 Å². The highest BCUT2D eigenvalue weighted by molar-refractivity contribution is 9.12. The smallest absolute Gasteiger partial charge is 0.145 e. The summed E-state index contributed by atoms with van der Waals surface area (Å²) in [5.74, 6) is 0.408. The summed E-state index contributed by atoms with van der Waals surface area (Å²) in [5.41, 5.74) is -1.59. The van der Waals surface area contributed by atoms with Gasteiger partial charge in [-0.2, -0.15) is 5.26 Å². The van der Waals surface area contributed by atoms with E-state index in [0.29, 0.717) is 14.7 Å². The van der Waals surface area contributed by atoms with E-state index in [1.165, 1.54) is 13.2 Å². The Balaban J connectivity index is 3.16. The molecule has 0 radical (unpaired) electrons. The lowest BCUT2D eigenvalue weighted by atomic mass is 9.89. The van der Waals surface area contributed by atoms with E-state index in [4.69, 9.17) is 10.00 Å². The summed E-state index contributed by atoms with van der Waals surface area (Å²) in [5, 5.41) is 28.4. The Kier molecular flexibility index (Phi) is 3.95. The second-order valence-electron chi connectivity index (χ2n) is 3.10. The van der Waals surface area contributed by atoms with E-state index in [1.54, 1.807) is 0 Å². The van der Waals surface area contributed by atoms with Gasteiger partial charge in [-0.1, -0.05) is 0 Å². The highest BCUT2D eigenvalue weighted by Crippen LogP contribution is 2.39. The zero-order valence-electron chi connectivity index (χ0n) is 7.87. The number of hydrogen-bond donors (Lipinski definition) is 2. The summed E-state index contributed by atoms with van der Waals surface area (Å²) in [4.78, 5) is 0. The fourth-order valence-corrected chi connectivity index (χ4v) is 3.10. The monoisotopic (exact) mass is 337 g/mol. The van der Waals surface area contributed by atoms with Crippen LogP contribution in [0.3, 0.4) is 0 Å². The summed E-state index contributed by atoms with van der Waals surface area (Å²) in [6.45, 7) is 0. The molecule has 0 aromatic heterocycles. The van der Waals surface area contributed by atoms with Crippen molar-refractivity contribution in [2.75, 3.05) is 7.11 Å². The van der Waals surface area contributed by atoms with Crippen molar-refractivity contribution >= 4 is 31.9 Å². The van der Waals surface area contributed by atoms with Crippen molar-refractivity contribution in [3.63, 3.8) is 0 Å². The molecule has 82 valence electrons. The maximum Gasteiger partial charge on any atom is 0.145 e. The van der Waals surface area contributed by atoms with E-state index in [1.807, 2.05) is 6.07 Å². The molecule has 1 aliphatic rings. The van der Waals surface area contributed by atoms with Gasteiger partial charge >= 0.3 is 0 Å². The fraction of sp³-hybridized carbons (Fsp3) is 0.444. The minimum Gasteiger partial charge on any atom is -0.495 e. The van der Waals surface area contributed by atoms with Crippen molar-refractivity contribution < 1.29 is 14.9 Å². The third-order valence-corrected chi connectivity index (χ3v) is 3.47. The molecular weight excluding hydrogens is 330 g/mol. The largest absolute Gasteiger partial charge is 0.495 e. The normalized spacial score (nSPS) is 30.9. The summed E-state index contributed by atoms with van der Waals surface area (Å²) in [6.07, 6.45) is -0.0340. The predicted octanol–water partition coefficient (Wildman–Crippen LogP) is 1.54. The number of allylic oxidation sites excluding steroid dienone is 1. The minimum absolute atomic E-state index is 0.199. The Morgan fingerprint density at radius 2 is 2.27 bits per heavy atom. The van der Waals surface area contributed by atoms with Gasteiger partial charge < -0.3 is 14.9 Å². The molecular formula is C9H9Br2NO3. The zero-order chi connectivity index (χ0) is 11.6. The van der Waals surface area contributed by atoms with Crippen LogP contribution in [0.5, 0.6) is 0 Å². The average molecular weight is 339 g/mol. The lowest BCUT2D eigenvalue weighted by Gasteiger charge is -2.32. The average Bonchev–Trinajstić information content (AvgIpc) is 2.15. The van der Waals surface area contributed by atoms with E-state index < -0.39 is 11.7 Å². The molecule has 15 heavy (non-hydrogen) atoms. The first-order chi connectivity index (χ1) is 6.96. The van der Waals surface area contributed by atoms with Gasteiger partial charge in [-0.05, 0) is 37.9 Å². The fourth-order valence-electron chi connectivity index (χ4n) is 1.29. The van der Waals surface area contributed by atoms with E-state index in [2.05, 4.69) is 31.9 Å². The lowest BCUT2D eigenvalue weighted by Crippen LogP contribution is -2.43. The lowest BCUT2D eigenvalue weighted by molar-refractivity contribution is -0.0164. The van der Waals surface area contributed by atoms with Crippen LogP contribution < -0.4 is 0 Å². The first-order valence-corrected chi connectivity index (χ1v) is 5.64. The summed E-state index contributed by atoms with van der Waals surface area (Å²) >= 11 is 6.33. The number of methoxy groups -OCH3 is 1. The number of nitrogens with zero attached hydrogens (tertiary/aromatic N) is 1. The molecule has 0 saturated heterocycles. The maximum absolute atomic E-state index is 10.00. The number of halogens is 2. The summed E-state index contributed by atoms with van der Waals surface area (Å²) < 4.78 is 5.84. The molecule has 0 aromatic carbocycles. The van der Waals surface area contributed by atoms with Crippen LogP contribution in [0.15, 0.2) is 20.8 Å². The molecule has 0 unspecified atom stereocenters. The summed E-state index contributed by atoms with van der Waals surface area (Å²) in [7, 11) is 1.45. The third-order valence-electron chi connectivity index (χ3n) is 2.09. The second-order valence-corrected chi connectivity index (χ2v) is 4.81. The molecule has 2 atom stereocenters. The second kappa shape index (κ2) is 4.66. The first kappa shape index (κ1) is 12.7. The highest BCUT2D eigenvalue weighted by atomic mass is 79.9. The van der Waals surface area contributed by atoms with Crippen molar-refractivity contribution in [3.05, 3.63) is 20.8 Å². The van der Waals surface area contributed by atoms with Crippen molar-refractivity contribution in [1.29, 1.82) is 5.26 Å². The van der Waals surface area contributed by atoms with Crippen LogP contribution in [0, 0.1) is 11.3 Å². The molecule has 1 aliphatic carbocycles. The van der Waals surface area contributed by atoms with Gasteiger partial charge in [0, 0.05) is 0 Å². The van der Waals surface area contributed by atoms with Gasteiger partial charge in [0.1, 0.15) is 17.5 Å². The standard InChI is InChI=1S/C9H9Br2NO3/c1-15-7-5(10)4-9(14,2-3-12)8(13)6(7)11/h4,8,13-14H,2H2,1H3/t8-,9+/m0/s1. The Labute approximate surface area is 104 Å². The molecule has 6 heteroatoms. The Morgan fingerprint density at radius 1 is 1.67 bits per heavy atom. The quantitative estimate of drug-likeness (QED) is 0.801. The van der Waals surface area contributed by atoms with Crippen LogP contribution in [0.4, 0.5) is 0 Å². The Morgan fingerprint density at radius 3 is 2.73 bits per heavy atom. The van der Waals surface area contributed by atoms with E-state index in [0.717, 1.165) is 0 Å². The highest BCUT2D eigenvalue weighted by Gasteiger charge is 2.41. The zero-order valence-corrected chi connectivity index (χ0v) is 11.0. The number of nitriles is 1. The van der Waals surface area contributed by atoms with E-state index >= 15 is 0 Å². The molecule has 4 nitrogen and oxygen atoms in total. The molecule has 1 rings (SSSR count). The van der Waals surface area contributed by atoms with Crippen LogP contribution in [0.1, 0.15) is 6.42 Å². The molecule has 0 aromatic rings. The van der Waals surface area contributed by atoms with Crippen molar-refractivity contribution in [1.82, 2.24) is 0 Å². The van der Waals surface area contributed by atoms with Crippen LogP contribution in [0.25, 0.3) is 0 Å². The van der Waals surface area contributed by atoms with Crippen LogP contribution >= 0.6 is 31.9 Å². The molecule has 2 N–H and O–H groups in total. The van der Waals surface area contributed by atoms with Crippen LogP contribution in [0.2, 0.25) is 0 Å². The maximum atomic E-state index is 10.00. The van der Waals surface area contributed by atoms with Crippen molar-refractivity contribution in [2.45, 2.75) is 18.1 Å². The molecule has 0 saturated carbocycles. The number of rotatable bonds is 2.